The van der Waals surface area contributed by atoms with Crippen LogP contribution in [0, 0.1) is 0 Å². The molecule has 2 aromatic carbocycles. The van der Waals surface area contributed by atoms with E-state index in [9.17, 15) is 4.79 Å². The first-order chi connectivity index (χ1) is 10.7. The normalized spacial score (nSPS) is 10.0. The van der Waals surface area contributed by atoms with E-state index in [1.165, 1.54) is 28.4 Å². The lowest BCUT2D eigenvalue weighted by Gasteiger charge is -2.19. The number of hydrogen-bond acceptors (Lipinski definition) is 5. The van der Waals surface area contributed by atoms with Crippen molar-refractivity contribution in [1.29, 1.82) is 0 Å². The molecule has 2 rings (SSSR count). The molecule has 5 heteroatoms. The van der Waals surface area contributed by atoms with Gasteiger partial charge < -0.3 is 18.9 Å². The van der Waals surface area contributed by atoms with Crippen LogP contribution in [-0.2, 0) is 4.74 Å². The fourth-order valence-electron chi connectivity index (χ4n) is 2.32. The SMILES string of the molecule is COC(=O)c1cc(OC)c(OC)c(OC)c1-c1ccccc1. The second kappa shape index (κ2) is 6.85. The first-order valence-corrected chi connectivity index (χ1v) is 6.64. The van der Waals surface area contributed by atoms with Crippen molar-refractivity contribution in [2.75, 3.05) is 28.4 Å². The molecule has 0 aromatic heterocycles. The molecule has 0 saturated heterocycles. The van der Waals surface area contributed by atoms with Crippen LogP contribution in [0.3, 0.4) is 0 Å². The van der Waals surface area contributed by atoms with Gasteiger partial charge in [0.2, 0.25) is 5.75 Å². The third-order valence-corrected chi connectivity index (χ3v) is 3.30. The second-order valence-electron chi connectivity index (χ2n) is 4.43. The summed E-state index contributed by atoms with van der Waals surface area (Å²) in [6, 6.07) is 11.0. The third kappa shape index (κ3) is 2.70. The summed E-state index contributed by atoms with van der Waals surface area (Å²) >= 11 is 0. The molecule has 22 heavy (non-hydrogen) atoms. The molecule has 2 aromatic rings. The zero-order valence-corrected chi connectivity index (χ0v) is 13.0. The lowest BCUT2D eigenvalue weighted by Crippen LogP contribution is -2.07. The number of esters is 1. The summed E-state index contributed by atoms with van der Waals surface area (Å²) in [5.41, 5.74) is 1.77. The molecule has 0 bridgehead atoms. The van der Waals surface area contributed by atoms with Gasteiger partial charge in [0.25, 0.3) is 0 Å². The molecule has 0 spiro atoms. The summed E-state index contributed by atoms with van der Waals surface area (Å²) in [5, 5.41) is 0. The number of carbonyl (C=O) groups is 1. The Labute approximate surface area is 129 Å². The Kier molecular flexibility index (Phi) is 4.88. The van der Waals surface area contributed by atoms with Gasteiger partial charge in [-0.2, -0.15) is 0 Å². The first-order valence-electron chi connectivity index (χ1n) is 6.64. The molecule has 5 nitrogen and oxygen atoms in total. The lowest BCUT2D eigenvalue weighted by atomic mass is 9.97. The Bertz CT molecular complexity index is 664. The summed E-state index contributed by atoms with van der Waals surface area (Å²) in [6.07, 6.45) is 0. The molecule has 0 amide bonds. The highest BCUT2D eigenvalue weighted by Gasteiger charge is 2.25. The van der Waals surface area contributed by atoms with Crippen LogP contribution in [-0.4, -0.2) is 34.4 Å². The zero-order chi connectivity index (χ0) is 16.1. The number of carbonyl (C=O) groups excluding carboxylic acids is 1. The van der Waals surface area contributed by atoms with Gasteiger partial charge in [0.15, 0.2) is 11.5 Å². The van der Waals surface area contributed by atoms with E-state index in [1.54, 1.807) is 6.07 Å². The second-order valence-corrected chi connectivity index (χ2v) is 4.43. The molecule has 0 aliphatic heterocycles. The van der Waals surface area contributed by atoms with Crippen LogP contribution in [0.2, 0.25) is 0 Å². The fourth-order valence-corrected chi connectivity index (χ4v) is 2.32. The van der Waals surface area contributed by atoms with Crippen LogP contribution in [0.4, 0.5) is 0 Å². The molecule has 0 fully saturated rings. The molecule has 116 valence electrons. The van der Waals surface area contributed by atoms with Gasteiger partial charge in [-0.15, -0.1) is 0 Å². The number of ether oxygens (including phenoxy) is 4. The van der Waals surface area contributed by atoms with Gasteiger partial charge in [0, 0.05) is 5.56 Å². The number of hydrogen-bond donors (Lipinski definition) is 0. The maximum atomic E-state index is 12.2. The molecular weight excluding hydrogens is 284 g/mol. The quantitative estimate of drug-likeness (QED) is 0.794. The molecular formula is C17H18O5. The van der Waals surface area contributed by atoms with Crippen LogP contribution in [0.5, 0.6) is 17.2 Å². The van der Waals surface area contributed by atoms with Gasteiger partial charge in [-0.05, 0) is 11.6 Å². The summed E-state index contributed by atoms with van der Waals surface area (Å²) in [5.74, 6) is 0.780. The maximum Gasteiger partial charge on any atom is 0.338 e. The van der Waals surface area contributed by atoms with Crippen molar-refractivity contribution in [2.24, 2.45) is 0 Å². The molecule has 0 aliphatic rings. The molecule has 0 radical (unpaired) electrons. The van der Waals surface area contributed by atoms with Crippen LogP contribution in [0.1, 0.15) is 10.4 Å². The van der Waals surface area contributed by atoms with Crippen molar-refractivity contribution in [1.82, 2.24) is 0 Å². The van der Waals surface area contributed by atoms with Crippen LogP contribution in [0.25, 0.3) is 11.1 Å². The fraction of sp³-hybridized carbons (Fsp3) is 0.235. The minimum atomic E-state index is -0.474. The largest absolute Gasteiger partial charge is 0.493 e. The predicted molar refractivity (Wildman–Crippen MR) is 82.9 cm³/mol. The average Bonchev–Trinajstić information content (AvgIpc) is 2.59. The van der Waals surface area contributed by atoms with E-state index in [-0.39, 0.29) is 0 Å². The van der Waals surface area contributed by atoms with E-state index in [0.29, 0.717) is 28.4 Å². The molecule has 0 saturated carbocycles. The van der Waals surface area contributed by atoms with Crippen molar-refractivity contribution in [2.45, 2.75) is 0 Å². The summed E-state index contributed by atoms with van der Waals surface area (Å²) in [6.45, 7) is 0. The Morgan fingerprint density at radius 2 is 1.50 bits per heavy atom. The van der Waals surface area contributed by atoms with Crippen molar-refractivity contribution in [3.63, 3.8) is 0 Å². The van der Waals surface area contributed by atoms with Gasteiger partial charge in [-0.3, -0.25) is 0 Å². The summed E-state index contributed by atoms with van der Waals surface area (Å²) in [7, 11) is 5.87. The number of methoxy groups -OCH3 is 4. The van der Waals surface area contributed by atoms with Crippen LogP contribution >= 0.6 is 0 Å². The molecule has 0 atom stereocenters. The maximum absolute atomic E-state index is 12.2. The number of benzene rings is 2. The Balaban J connectivity index is 2.85. The van der Waals surface area contributed by atoms with Crippen LogP contribution < -0.4 is 14.2 Å². The summed E-state index contributed by atoms with van der Waals surface area (Å²) < 4.78 is 21.0. The van der Waals surface area contributed by atoms with E-state index in [0.717, 1.165) is 5.56 Å². The third-order valence-electron chi connectivity index (χ3n) is 3.30. The molecule has 0 N–H and O–H groups in total. The van der Waals surface area contributed by atoms with Crippen molar-refractivity contribution in [3.05, 3.63) is 42.0 Å². The Morgan fingerprint density at radius 3 is 2.00 bits per heavy atom. The van der Waals surface area contributed by atoms with E-state index < -0.39 is 5.97 Å². The highest BCUT2D eigenvalue weighted by molar-refractivity contribution is 6.01. The highest BCUT2D eigenvalue weighted by atomic mass is 16.5. The Morgan fingerprint density at radius 1 is 0.864 bits per heavy atom. The topological polar surface area (TPSA) is 54.0 Å². The van der Waals surface area contributed by atoms with Crippen molar-refractivity contribution >= 4 is 5.97 Å². The molecule has 0 unspecified atom stereocenters. The monoisotopic (exact) mass is 302 g/mol. The number of rotatable bonds is 5. The minimum absolute atomic E-state index is 0.350. The predicted octanol–water partition coefficient (Wildman–Crippen LogP) is 3.17. The lowest BCUT2D eigenvalue weighted by molar-refractivity contribution is 0.0600. The van der Waals surface area contributed by atoms with E-state index in [2.05, 4.69) is 0 Å². The minimum Gasteiger partial charge on any atom is -0.493 e. The molecule has 0 heterocycles. The van der Waals surface area contributed by atoms with E-state index in [1.807, 2.05) is 30.3 Å². The smallest absolute Gasteiger partial charge is 0.338 e. The van der Waals surface area contributed by atoms with Gasteiger partial charge in [0.05, 0.1) is 34.0 Å². The van der Waals surface area contributed by atoms with Gasteiger partial charge in [-0.1, -0.05) is 30.3 Å². The van der Waals surface area contributed by atoms with Gasteiger partial charge in [0.1, 0.15) is 0 Å². The zero-order valence-electron chi connectivity index (χ0n) is 13.0. The van der Waals surface area contributed by atoms with E-state index in [4.69, 9.17) is 18.9 Å². The average molecular weight is 302 g/mol. The highest BCUT2D eigenvalue weighted by Crippen LogP contribution is 2.46. The van der Waals surface area contributed by atoms with Crippen molar-refractivity contribution < 1.29 is 23.7 Å². The molecule has 0 aliphatic carbocycles. The van der Waals surface area contributed by atoms with Crippen LogP contribution in [0.15, 0.2) is 36.4 Å². The van der Waals surface area contributed by atoms with Gasteiger partial charge >= 0.3 is 5.97 Å². The first kappa shape index (κ1) is 15.7. The van der Waals surface area contributed by atoms with E-state index >= 15 is 0 Å². The van der Waals surface area contributed by atoms with Crippen molar-refractivity contribution in [3.8, 4) is 28.4 Å². The standard InChI is InChI=1S/C17H18O5/c1-19-13-10-12(17(18)22-4)14(11-8-6-5-7-9-11)16(21-3)15(13)20-2/h5-10H,1-4H3. The summed E-state index contributed by atoms with van der Waals surface area (Å²) in [4.78, 5) is 12.2. The van der Waals surface area contributed by atoms with Gasteiger partial charge in [-0.25, -0.2) is 4.79 Å². The Hall–Kier alpha value is -2.69.